The van der Waals surface area contributed by atoms with Crippen LogP contribution in [-0.2, 0) is 11.3 Å². The normalized spacial score (nSPS) is 11.8. The topological polar surface area (TPSA) is 35.2 Å². The molecule has 0 saturated carbocycles. The van der Waals surface area contributed by atoms with Gasteiger partial charge in [0.05, 0.1) is 17.3 Å². The summed E-state index contributed by atoms with van der Waals surface area (Å²) in [5, 5.41) is 0.596. The third-order valence-electron chi connectivity index (χ3n) is 2.33. The average Bonchev–Trinajstić information content (AvgIpc) is 2.17. The third kappa shape index (κ3) is 4.86. The summed E-state index contributed by atoms with van der Waals surface area (Å²) in [6.45, 7) is 7.98. The maximum absolute atomic E-state index is 5.84. The van der Waals surface area contributed by atoms with Crippen molar-refractivity contribution in [3.05, 3.63) is 28.8 Å². The van der Waals surface area contributed by atoms with Crippen LogP contribution in [0.4, 0.5) is 5.69 Å². The highest BCUT2D eigenvalue weighted by atomic mass is 35.5. The second-order valence-corrected chi connectivity index (χ2v) is 5.63. The molecule has 0 amide bonds. The second kappa shape index (κ2) is 5.55. The van der Waals surface area contributed by atoms with Crippen LogP contribution >= 0.6 is 11.6 Å². The summed E-state index contributed by atoms with van der Waals surface area (Å²) in [5.41, 5.74) is 7.70. The van der Waals surface area contributed by atoms with Crippen LogP contribution in [0.3, 0.4) is 0 Å². The molecule has 90 valence electrons. The van der Waals surface area contributed by atoms with Crippen LogP contribution in [0, 0.1) is 5.41 Å². The maximum atomic E-state index is 5.84. The first-order chi connectivity index (χ1) is 7.38. The molecule has 1 aromatic carbocycles. The van der Waals surface area contributed by atoms with E-state index in [1.165, 1.54) is 0 Å². The highest BCUT2D eigenvalue weighted by molar-refractivity contribution is 6.33. The largest absolute Gasteiger partial charge is 0.398 e. The molecule has 1 aromatic rings. The average molecular weight is 242 g/mol. The van der Waals surface area contributed by atoms with Gasteiger partial charge in [-0.05, 0) is 29.5 Å². The standard InChI is InChI=1S/C13H20ClNO/c1-13(2,3)6-7-16-9-10-4-5-11(14)12(15)8-10/h4-5,8H,6-7,9,15H2,1-3H3. The molecule has 0 aliphatic heterocycles. The Kier molecular flexibility index (Phi) is 4.63. The molecule has 0 radical (unpaired) electrons. The van der Waals surface area contributed by atoms with E-state index in [-0.39, 0.29) is 0 Å². The smallest absolute Gasteiger partial charge is 0.0717 e. The van der Waals surface area contributed by atoms with Crippen molar-refractivity contribution >= 4 is 17.3 Å². The first kappa shape index (κ1) is 13.3. The van der Waals surface area contributed by atoms with E-state index < -0.39 is 0 Å². The molecule has 0 atom stereocenters. The lowest BCUT2D eigenvalue weighted by Gasteiger charge is -2.17. The van der Waals surface area contributed by atoms with Gasteiger partial charge in [0.2, 0.25) is 0 Å². The fraction of sp³-hybridized carbons (Fsp3) is 0.538. The van der Waals surface area contributed by atoms with E-state index in [1.54, 1.807) is 6.07 Å². The van der Waals surface area contributed by atoms with E-state index in [1.807, 2.05) is 12.1 Å². The van der Waals surface area contributed by atoms with E-state index in [0.29, 0.717) is 22.7 Å². The molecule has 0 spiro atoms. The summed E-state index contributed by atoms with van der Waals surface area (Å²) in [4.78, 5) is 0. The lowest BCUT2D eigenvalue weighted by molar-refractivity contribution is 0.0962. The minimum Gasteiger partial charge on any atom is -0.398 e. The van der Waals surface area contributed by atoms with Crippen LogP contribution in [0.15, 0.2) is 18.2 Å². The molecule has 0 bridgehead atoms. The summed E-state index contributed by atoms with van der Waals surface area (Å²) in [6, 6.07) is 5.61. The van der Waals surface area contributed by atoms with Gasteiger partial charge in [0, 0.05) is 6.61 Å². The van der Waals surface area contributed by atoms with Crippen LogP contribution in [0.5, 0.6) is 0 Å². The van der Waals surface area contributed by atoms with Gasteiger partial charge < -0.3 is 10.5 Å². The van der Waals surface area contributed by atoms with E-state index in [9.17, 15) is 0 Å². The van der Waals surface area contributed by atoms with Crippen LogP contribution in [0.25, 0.3) is 0 Å². The summed E-state index contributed by atoms with van der Waals surface area (Å²) in [5.74, 6) is 0. The Morgan fingerprint density at radius 2 is 2.00 bits per heavy atom. The minimum absolute atomic E-state index is 0.318. The lowest BCUT2D eigenvalue weighted by atomic mass is 9.93. The van der Waals surface area contributed by atoms with Gasteiger partial charge in [-0.1, -0.05) is 38.4 Å². The Bertz CT molecular complexity index is 344. The van der Waals surface area contributed by atoms with Crippen molar-refractivity contribution < 1.29 is 4.74 Å². The van der Waals surface area contributed by atoms with Crippen molar-refractivity contribution in [1.29, 1.82) is 0 Å². The van der Waals surface area contributed by atoms with E-state index in [4.69, 9.17) is 22.1 Å². The van der Waals surface area contributed by atoms with Crippen LogP contribution < -0.4 is 5.73 Å². The van der Waals surface area contributed by atoms with Gasteiger partial charge in [-0.2, -0.15) is 0 Å². The number of ether oxygens (including phenoxy) is 1. The molecule has 0 fully saturated rings. The first-order valence-corrected chi connectivity index (χ1v) is 5.88. The Morgan fingerprint density at radius 3 is 2.56 bits per heavy atom. The zero-order valence-corrected chi connectivity index (χ0v) is 11.0. The molecule has 0 heterocycles. The molecular weight excluding hydrogens is 222 g/mol. The predicted molar refractivity (Wildman–Crippen MR) is 69.6 cm³/mol. The number of nitrogens with two attached hydrogens (primary N) is 1. The quantitative estimate of drug-likeness (QED) is 0.642. The molecule has 0 aromatic heterocycles. The number of hydrogen-bond donors (Lipinski definition) is 1. The first-order valence-electron chi connectivity index (χ1n) is 5.50. The molecular formula is C13H20ClNO. The Hall–Kier alpha value is -0.730. The van der Waals surface area contributed by atoms with Crippen molar-refractivity contribution in [2.24, 2.45) is 5.41 Å². The number of anilines is 1. The Morgan fingerprint density at radius 1 is 1.31 bits per heavy atom. The van der Waals surface area contributed by atoms with Crippen molar-refractivity contribution in [3.8, 4) is 0 Å². The molecule has 2 N–H and O–H groups in total. The Labute approximate surface area is 103 Å². The fourth-order valence-corrected chi connectivity index (χ4v) is 1.37. The highest BCUT2D eigenvalue weighted by Crippen LogP contribution is 2.21. The zero-order chi connectivity index (χ0) is 12.2. The molecule has 0 unspecified atom stereocenters. The third-order valence-corrected chi connectivity index (χ3v) is 2.67. The van der Waals surface area contributed by atoms with Gasteiger partial charge in [0.25, 0.3) is 0 Å². The van der Waals surface area contributed by atoms with Crippen LogP contribution in [0.1, 0.15) is 32.8 Å². The molecule has 0 saturated heterocycles. The monoisotopic (exact) mass is 241 g/mol. The summed E-state index contributed by atoms with van der Waals surface area (Å²) < 4.78 is 5.59. The van der Waals surface area contributed by atoms with Crippen molar-refractivity contribution in [1.82, 2.24) is 0 Å². The maximum Gasteiger partial charge on any atom is 0.0717 e. The van der Waals surface area contributed by atoms with Gasteiger partial charge >= 0.3 is 0 Å². The van der Waals surface area contributed by atoms with Gasteiger partial charge in [-0.15, -0.1) is 0 Å². The van der Waals surface area contributed by atoms with Crippen LogP contribution in [0.2, 0.25) is 5.02 Å². The molecule has 0 aliphatic carbocycles. The lowest BCUT2D eigenvalue weighted by Crippen LogP contribution is -2.09. The number of nitrogen functional groups attached to an aromatic ring is 1. The highest BCUT2D eigenvalue weighted by Gasteiger charge is 2.09. The van der Waals surface area contributed by atoms with Crippen LogP contribution in [-0.4, -0.2) is 6.61 Å². The number of halogens is 1. The zero-order valence-electron chi connectivity index (χ0n) is 10.2. The molecule has 0 aliphatic rings. The number of hydrogen-bond acceptors (Lipinski definition) is 2. The van der Waals surface area contributed by atoms with Gasteiger partial charge in [-0.25, -0.2) is 0 Å². The Balaban J connectivity index is 2.35. The number of benzene rings is 1. The minimum atomic E-state index is 0.318. The molecule has 2 nitrogen and oxygen atoms in total. The van der Waals surface area contributed by atoms with E-state index in [2.05, 4.69) is 20.8 Å². The van der Waals surface area contributed by atoms with Gasteiger partial charge in [-0.3, -0.25) is 0 Å². The fourth-order valence-electron chi connectivity index (χ4n) is 1.25. The SMILES string of the molecule is CC(C)(C)CCOCc1ccc(Cl)c(N)c1. The summed E-state index contributed by atoms with van der Waals surface area (Å²) >= 11 is 5.84. The second-order valence-electron chi connectivity index (χ2n) is 5.22. The molecule has 3 heteroatoms. The summed E-state index contributed by atoms with van der Waals surface area (Å²) in [6.07, 6.45) is 1.05. The number of rotatable bonds is 4. The van der Waals surface area contributed by atoms with E-state index in [0.717, 1.165) is 18.6 Å². The molecule has 16 heavy (non-hydrogen) atoms. The predicted octanol–water partition coefficient (Wildman–Crippen LogP) is 3.88. The van der Waals surface area contributed by atoms with E-state index >= 15 is 0 Å². The summed E-state index contributed by atoms with van der Waals surface area (Å²) in [7, 11) is 0. The van der Waals surface area contributed by atoms with Gasteiger partial charge in [0.1, 0.15) is 0 Å². The van der Waals surface area contributed by atoms with Crippen molar-refractivity contribution in [3.63, 3.8) is 0 Å². The molecule has 1 rings (SSSR count). The van der Waals surface area contributed by atoms with Gasteiger partial charge in [0.15, 0.2) is 0 Å². The van der Waals surface area contributed by atoms with Crippen molar-refractivity contribution in [2.75, 3.05) is 12.3 Å². The van der Waals surface area contributed by atoms with Crippen molar-refractivity contribution in [2.45, 2.75) is 33.8 Å².